The lowest BCUT2D eigenvalue weighted by Crippen LogP contribution is -2.28. The van der Waals surface area contributed by atoms with Gasteiger partial charge in [-0.1, -0.05) is 0 Å². The van der Waals surface area contributed by atoms with Gasteiger partial charge >= 0.3 is 0 Å². The number of rotatable bonds is 1. The lowest BCUT2D eigenvalue weighted by atomic mass is 10.2. The van der Waals surface area contributed by atoms with E-state index in [0.29, 0.717) is 0 Å². The monoisotopic (exact) mass is 128 g/mol. The van der Waals surface area contributed by atoms with Gasteiger partial charge < -0.3 is 10.2 Å². The highest BCUT2D eigenvalue weighted by atomic mass is 15.2. The summed E-state index contributed by atoms with van der Waals surface area (Å²) in [5.41, 5.74) is 0. The Morgan fingerprint density at radius 1 is 1.56 bits per heavy atom. The van der Waals surface area contributed by atoms with E-state index in [1.165, 1.54) is 13.0 Å². The first-order chi connectivity index (χ1) is 4.24. The van der Waals surface area contributed by atoms with E-state index in [0.717, 1.165) is 12.1 Å². The van der Waals surface area contributed by atoms with E-state index in [1.54, 1.807) is 0 Å². The summed E-state index contributed by atoms with van der Waals surface area (Å²) in [7, 11) is 4.22. The third kappa shape index (κ3) is 1.43. The first-order valence-corrected chi connectivity index (χ1v) is 3.61. The third-order valence-electron chi connectivity index (χ3n) is 2.29. The van der Waals surface area contributed by atoms with E-state index in [9.17, 15) is 0 Å². The molecule has 0 saturated carbocycles. The quantitative estimate of drug-likeness (QED) is 0.546. The van der Waals surface area contributed by atoms with Crippen LogP contribution in [0.15, 0.2) is 0 Å². The zero-order chi connectivity index (χ0) is 6.85. The highest BCUT2D eigenvalue weighted by molar-refractivity contribution is 4.83. The summed E-state index contributed by atoms with van der Waals surface area (Å²) >= 11 is 0. The van der Waals surface area contributed by atoms with Crippen molar-refractivity contribution in [3.05, 3.63) is 0 Å². The molecule has 0 radical (unpaired) electrons. The summed E-state index contributed by atoms with van der Waals surface area (Å²) < 4.78 is 0. The average molecular weight is 128 g/mol. The standard InChI is InChI=1S/C7H16N2/c1-6-4-7(8-2)5-9(6)3/h6-8H,4-5H2,1-3H3/t6?,7-/m1/s1. The van der Waals surface area contributed by atoms with Crippen molar-refractivity contribution in [2.45, 2.75) is 25.4 Å². The summed E-state index contributed by atoms with van der Waals surface area (Å²) in [6, 6.07) is 1.49. The predicted octanol–water partition coefficient (Wildman–Crippen LogP) is 0.298. The molecule has 1 aliphatic rings. The van der Waals surface area contributed by atoms with Crippen LogP contribution in [0.4, 0.5) is 0 Å². The van der Waals surface area contributed by atoms with Crippen molar-refractivity contribution in [1.82, 2.24) is 10.2 Å². The number of nitrogens with zero attached hydrogens (tertiary/aromatic N) is 1. The van der Waals surface area contributed by atoms with Gasteiger partial charge in [-0.15, -0.1) is 0 Å². The zero-order valence-electron chi connectivity index (χ0n) is 6.52. The molecule has 1 N–H and O–H groups in total. The molecule has 0 aromatic rings. The van der Waals surface area contributed by atoms with Crippen LogP contribution >= 0.6 is 0 Å². The van der Waals surface area contributed by atoms with E-state index < -0.39 is 0 Å². The van der Waals surface area contributed by atoms with E-state index >= 15 is 0 Å². The average Bonchev–Trinajstić information content (AvgIpc) is 2.13. The van der Waals surface area contributed by atoms with Gasteiger partial charge in [-0.2, -0.15) is 0 Å². The Balaban J connectivity index is 2.35. The highest BCUT2D eigenvalue weighted by Crippen LogP contribution is 2.13. The van der Waals surface area contributed by atoms with Gasteiger partial charge in [0.05, 0.1) is 0 Å². The van der Waals surface area contributed by atoms with Crippen molar-refractivity contribution in [1.29, 1.82) is 0 Å². The molecule has 1 saturated heterocycles. The number of hydrogen-bond acceptors (Lipinski definition) is 2. The fourth-order valence-electron chi connectivity index (χ4n) is 1.40. The molecule has 9 heavy (non-hydrogen) atoms. The van der Waals surface area contributed by atoms with Crippen molar-refractivity contribution in [3.8, 4) is 0 Å². The van der Waals surface area contributed by atoms with Crippen molar-refractivity contribution < 1.29 is 0 Å². The summed E-state index contributed by atoms with van der Waals surface area (Å²) in [4.78, 5) is 2.39. The fraction of sp³-hybridized carbons (Fsp3) is 1.00. The second-order valence-corrected chi connectivity index (χ2v) is 3.01. The first-order valence-electron chi connectivity index (χ1n) is 3.61. The van der Waals surface area contributed by atoms with Crippen molar-refractivity contribution >= 4 is 0 Å². The molecule has 2 nitrogen and oxygen atoms in total. The van der Waals surface area contributed by atoms with Gasteiger partial charge in [0.1, 0.15) is 0 Å². The lowest BCUT2D eigenvalue weighted by Gasteiger charge is -2.12. The summed E-state index contributed by atoms with van der Waals surface area (Å²) in [6.07, 6.45) is 1.30. The van der Waals surface area contributed by atoms with E-state index in [4.69, 9.17) is 0 Å². The van der Waals surface area contributed by atoms with Crippen LogP contribution in [-0.4, -0.2) is 37.6 Å². The van der Waals surface area contributed by atoms with Gasteiger partial charge in [-0.05, 0) is 27.4 Å². The molecule has 1 fully saturated rings. The molecule has 2 atom stereocenters. The summed E-state index contributed by atoms with van der Waals surface area (Å²) in [5, 5.41) is 3.28. The molecule has 1 aliphatic heterocycles. The topological polar surface area (TPSA) is 15.3 Å². The molecule has 0 aliphatic carbocycles. The molecule has 0 amide bonds. The Kier molecular flexibility index (Phi) is 2.09. The van der Waals surface area contributed by atoms with Crippen molar-refractivity contribution in [3.63, 3.8) is 0 Å². The van der Waals surface area contributed by atoms with Crippen LogP contribution in [0, 0.1) is 0 Å². The largest absolute Gasteiger partial charge is 0.316 e. The van der Waals surface area contributed by atoms with Crippen molar-refractivity contribution in [2.24, 2.45) is 0 Å². The highest BCUT2D eigenvalue weighted by Gasteiger charge is 2.23. The fourth-order valence-corrected chi connectivity index (χ4v) is 1.40. The maximum Gasteiger partial charge on any atom is 0.0206 e. The smallest absolute Gasteiger partial charge is 0.0206 e. The molecule has 0 aromatic heterocycles. The van der Waals surface area contributed by atoms with Crippen LogP contribution in [0.25, 0.3) is 0 Å². The third-order valence-corrected chi connectivity index (χ3v) is 2.29. The number of nitrogens with one attached hydrogen (secondary N) is 1. The molecule has 0 aromatic carbocycles. The van der Waals surface area contributed by atoms with E-state index in [1.807, 2.05) is 7.05 Å². The predicted molar refractivity (Wildman–Crippen MR) is 39.6 cm³/mol. The Morgan fingerprint density at radius 3 is 2.44 bits per heavy atom. The van der Waals surface area contributed by atoms with Crippen LogP contribution in [0.3, 0.4) is 0 Å². The minimum Gasteiger partial charge on any atom is -0.316 e. The van der Waals surface area contributed by atoms with Gasteiger partial charge in [-0.25, -0.2) is 0 Å². The molecule has 2 heteroatoms. The maximum atomic E-state index is 3.28. The molecule has 0 bridgehead atoms. The Bertz CT molecular complexity index is 82.9. The lowest BCUT2D eigenvalue weighted by molar-refractivity contribution is 0.327. The van der Waals surface area contributed by atoms with Crippen LogP contribution < -0.4 is 5.32 Å². The summed E-state index contributed by atoms with van der Waals surface area (Å²) in [5.74, 6) is 0. The first kappa shape index (κ1) is 7.03. The maximum absolute atomic E-state index is 3.28. The molecule has 0 spiro atoms. The molecule has 54 valence electrons. The SMILES string of the molecule is CN[C@@H]1CC(C)N(C)C1. The Labute approximate surface area is 57.2 Å². The van der Waals surface area contributed by atoms with Crippen LogP contribution in [0.1, 0.15) is 13.3 Å². The molecule has 1 heterocycles. The summed E-state index contributed by atoms with van der Waals surface area (Å²) in [6.45, 7) is 3.48. The number of hydrogen-bond donors (Lipinski definition) is 1. The van der Waals surface area contributed by atoms with Crippen molar-refractivity contribution in [2.75, 3.05) is 20.6 Å². The van der Waals surface area contributed by atoms with E-state index in [2.05, 4.69) is 24.2 Å². The van der Waals surface area contributed by atoms with Gasteiger partial charge in [-0.3, -0.25) is 0 Å². The van der Waals surface area contributed by atoms with E-state index in [-0.39, 0.29) is 0 Å². The minimum atomic E-state index is 0.727. The van der Waals surface area contributed by atoms with Gasteiger partial charge in [0.25, 0.3) is 0 Å². The van der Waals surface area contributed by atoms with Crippen LogP contribution in [0.2, 0.25) is 0 Å². The van der Waals surface area contributed by atoms with Gasteiger partial charge in [0.15, 0.2) is 0 Å². The number of likely N-dealkylation sites (tertiary alicyclic amines) is 1. The van der Waals surface area contributed by atoms with Gasteiger partial charge in [0.2, 0.25) is 0 Å². The minimum absolute atomic E-state index is 0.727. The second-order valence-electron chi connectivity index (χ2n) is 3.01. The zero-order valence-corrected chi connectivity index (χ0v) is 6.52. The second kappa shape index (κ2) is 2.67. The molecule has 1 rings (SSSR count). The van der Waals surface area contributed by atoms with Crippen LogP contribution in [0.5, 0.6) is 0 Å². The normalized spacial score (nSPS) is 37.7. The number of likely N-dealkylation sites (N-methyl/N-ethyl adjacent to an activating group) is 2. The molecular weight excluding hydrogens is 112 g/mol. The van der Waals surface area contributed by atoms with Gasteiger partial charge in [0, 0.05) is 18.6 Å². The Hall–Kier alpha value is -0.0800. The van der Waals surface area contributed by atoms with Crippen LogP contribution in [-0.2, 0) is 0 Å². The molecular formula is C7H16N2. The Morgan fingerprint density at radius 2 is 2.22 bits per heavy atom. The molecule has 1 unspecified atom stereocenters.